The second kappa shape index (κ2) is 27.7. The van der Waals surface area contributed by atoms with Gasteiger partial charge in [-0.3, -0.25) is 4.79 Å². The van der Waals surface area contributed by atoms with Gasteiger partial charge in [0.15, 0.2) is 5.69 Å². The number of imidazole rings is 2. The summed E-state index contributed by atoms with van der Waals surface area (Å²) < 4.78 is 17.4. The third kappa shape index (κ3) is 17.0. The Hall–Kier alpha value is -2.89. The molecule has 3 N–H and O–H groups in total. The number of aromatic hydroxyl groups is 1. The van der Waals surface area contributed by atoms with Crippen molar-refractivity contribution in [2.45, 2.75) is 38.5 Å². The van der Waals surface area contributed by atoms with E-state index in [1.54, 1.807) is 39.1 Å². The topological polar surface area (TPSA) is 294 Å². The predicted octanol–water partition coefficient (Wildman–Crippen LogP) is -3.40. The predicted molar refractivity (Wildman–Crippen MR) is 180 cm³/mol. The third-order valence-electron chi connectivity index (χ3n) is 6.80. The van der Waals surface area contributed by atoms with E-state index in [9.17, 15) is 45.1 Å². The van der Waals surface area contributed by atoms with Crippen molar-refractivity contribution in [2.24, 2.45) is 14.1 Å². The van der Waals surface area contributed by atoms with Crippen LogP contribution in [0.3, 0.4) is 0 Å². The SMILES string of the molecule is COC(=O)c1cc(C(C)O)ccc1O.COC(=O)c1cc(C(C)O)ccc1OCc1cnc([N+](=O)[O-])n1C.Cn1c(CCl)cnc1[N+](=O)[O-].O=CO[O-].[H-].[K+].[K+]. The van der Waals surface area contributed by atoms with Crippen molar-refractivity contribution in [2.75, 3.05) is 14.2 Å². The van der Waals surface area contributed by atoms with Crippen LogP contribution in [-0.2, 0) is 45.7 Å². The second-order valence-corrected chi connectivity index (χ2v) is 10.5. The van der Waals surface area contributed by atoms with Crippen molar-refractivity contribution < 1.29 is 168 Å². The van der Waals surface area contributed by atoms with Crippen molar-refractivity contribution in [3.8, 4) is 11.5 Å². The molecule has 0 fully saturated rings. The monoisotopic (exact) mass is 846 g/mol. The third-order valence-corrected chi connectivity index (χ3v) is 7.07. The van der Waals surface area contributed by atoms with Crippen molar-refractivity contribution in [1.82, 2.24) is 19.1 Å². The van der Waals surface area contributed by atoms with E-state index in [1.165, 1.54) is 61.0 Å². The maximum absolute atomic E-state index is 11.9. The number of hydrogen-bond acceptors (Lipinski definition) is 17. The first-order chi connectivity index (χ1) is 25.0. The fraction of sp³-hybridized carbons (Fsp3) is 0.323. The fourth-order valence-corrected chi connectivity index (χ4v) is 4.16. The zero-order valence-corrected chi connectivity index (χ0v) is 38.1. The first kappa shape index (κ1) is 54.2. The van der Waals surface area contributed by atoms with Crippen LogP contribution in [0.15, 0.2) is 48.8 Å². The summed E-state index contributed by atoms with van der Waals surface area (Å²) >= 11 is 5.47. The molecule has 55 heavy (non-hydrogen) atoms. The first-order valence-electron chi connectivity index (χ1n) is 14.7. The zero-order valence-electron chi connectivity index (χ0n) is 32.1. The van der Waals surface area contributed by atoms with Gasteiger partial charge in [0.2, 0.25) is 0 Å². The van der Waals surface area contributed by atoms with Crippen molar-refractivity contribution in [3.05, 3.63) is 103 Å². The van der Waals surface area contributed by atoms with Crippen molar-refractivity contribution >= 4 is 41.9 Å². The number of halogens is 1. The number of aliphatic hydroxyl groups excluding tert-OH is 2. The molecule has 0 amide bonds. The van der Waals surface area contributed by atoms with Crippen molar-refractivity contribution in [1.29, 1.82) is 0 Å². The van der Waals surface area contributed by atoms with Gasteiger partial charge >= 0.3 is 127 Å². The Labute approximate surface area is 405 Å². The average Bonchev–Trinajstić information content (AvgIpc) is 3.71. The van der Waals surface area contributed by atoms with E-state index in [0.717, 1.165) is 0 Å². The fourth-order valence-electron chi connectivity index (χ4n) is 3.91. The molecule has 0 saturated heterocycles. The van der Waals surface area contributed by atoms with Crippen LogP contribution in [0.4, 0.5) is 11.9 Å². The summed E-state index contributed by atoms with van der Waals surface area (Å²) in [6.07, 6.45) is 1.30. The van der Waals surface area contributed by atoms with Crippen LogP contribution in [-0.4, -0.2) is 76.9 Å². The van der Waals surface area contributed by atoms with E-state index in [4.69, 9.17) is 31.1 Å². The minimum Gasteiger partial charge on any atom is -1.00 e. The number of carbonyl (C=O) groups excluding carboxylic acids is 3. The zero-order chi connectivity index (χ0) is 40.4. The number of ether oxygens (including phenoxy) is 3. The minimum atomic E-state index is -0.748. The summed E-state index contributed by atoms with van der Waals surface area (Å²) in [5, 5.41) is 57.7. The molecule has 0 aliphatic carbocycles. The maximum Gasteiger partial charge on any atom is 1.00 e. The van der Waals surface area contributed by atoms with Gasteiger partial charge in [0.05, 0.1) is 46.4 Å². The number of aromatic nitrogens is 4. The van der Waals surface area contributed by atoms with Crippen LogP contribution < -0.4 is 113 Å². The summed E-state index contributed by atoms with van der Waals surface area (Å²) in [5.74, 6) is -1.38. The van der Waals surface area contributed by atoms with Gasteiger partial charge in [-0.15, -0.1) is 11.6 Å². The van der Waals surface area contributed by atoms with E-state index < -0.39 is 34.0 Å². The molecule has 2 aromatic carbocycles. The van der Waals surface area contributed by atoms with Gasteiger partial charge in [-0.2, -0.15) is 0 Å². The smallest absolute Gasteiger partial charge is 1.00 e. The number of nitrogens with zero attached hydrogens (tertiary/aromatic N) is 6. The molecule has 2 unspecified atom stereocenters. The van der Waals surface area contributed by atoms with Gasteiger partial charge < -0.3 is 61.3 Å². The number of alkyl halides is 1. The molecule has 0 aliphatic rings. The van der Waals surface area contributed by atoms with E-state index in [-0.39, 0.29) is 158 Å². The van der Waals surface area contributed by atoms with Crippen LogP contribution in [0.1, 0.15) is 70.7 Å². The molecule has 2 heterocycles. The normalized spacial score (nSPS) is 10.7. The van der Waals surface area contributed by atoms with Crippen molar-refractivity contribution in [3.63, 3.8) is 0 Å². The Morgan fingerprint density at radius 1 is 0.873 bits per heavy atom. The van der Waals surface area contributed by atoms with Gasteiger partial charge in [-0.05, 0) is 59.1 Å². The largest absolute Gasteiger partial charge is 1.00 e. The van der Waals surface area contributed by atoms with Crippen LogP contribution in [0.25, 0.3) is 0 Å². The number of esters is 2. The van der Waals surface area contributed by atoms with Gasteiger partial charge in [0, 0.05) is 0 Å². The molecule has 0 saturated carbocycles. The molecule has 24 heteroatoms. The molecule has 4 aromatic rings. The van der Waals surface area contributed by atoms with Crippen LogP contribution in [0.5, 0.6) is 11.5 Å². The molecule has 21 nitrogen and oxygen atoms in total. The Bertz CT molecular complexity index is 1880. The molecule has 4 rings (SSSR count). The summed E-state index contributed by atoms with van der Waals surface area (Å²) in [6.45, 7) is 2.95. The van der Waals surface area contributed by atoms with Gasteiger partial charge in [-0.25, -0.2) is 18.7 Å². The number of carbonyl (C=O) groups is 3. The molecule has 0 radical (unpaired) electrons. The van der Waals surface area contributed by atoms with Gasteiger partial charge in [0.1, 0.15) is 47.3 Å². The van der Waals surface area contributed by atoms with Gasteiger partial charge in [0.25, 0.3) is 6.47 Å². The van der Waals surface area contributed by atoms with Crippen LogP contribution in [0, 0.1) is 20.2 Å². The number of phenols is 1. The van der Waals surface area contributed by atoms with Crippen LogP contribution >= 0.6 is 11.6 Å². The van der Waals surface area contributed by atoms with E-state index >= 15 is 0 Å². The Kier molecular flexibility index (Phi) is 27.3. The summed E-state index contributed by atoms with van der Waals surface area (Å²) in [6, 6.07) is 8.96. The van der Waals surface area contributed by atoms with E-state index in [1.807, 2.05) is 0 Å². The molecule has 2 aromatic heterocycles. The number of phenolic OH excluding ortho intramolecular Hbond substituents is 1. The summed E-state index contributed by atoms with van der Waals surface area (Å²) in [5.41, 5.74) is 2.43. The molecular weight excluding hydrogens is 810 g/mol. The van der Waals surface area contributed by atoms with Gasteiger partial charge in [-0.1, -0.05) is 22.1 Å². The Morgan fingerprint density at radius 2 is 1.29 bits per heavy atom. The number of rotatable bonds is 11. The minimum absolute atomic E-state index is 0. The number of hydrogen-bond donors (Lipinski definition) is 3. The second-order valence-electron chi connectivity index (χ2n) is 10.2. The first-order valence-corrected chi connectivity index (χ1v) is 15.2. The molecule has 0 aliphatic heterocycles. The molecule has 290 valence electrons. The summed E-state index contributed by atoms with van der Waals surface area (Å²) in [7, 11) is 5.53. The van der Waals surface area contributed by atoms with E-state index in [2.05, 4.69) is 19.6 Å². The maximum atomic E-state index is 11.9. The number of nitro groups is 2. The Balaban J connectivity index is -0.000000751. The number of methoxy groups -OCH3 is 2. The molecule has 0 bridgehead atoms. The standard InChI is InChI=1S/C15H17N3O6.C10H12O4.C5H6ClN3O2.CH2O3.2K.H/c1-9(19)10-4-5-13(12(6-10)14(20)23-3)24-8-11-7-16-15(17(11)2)18(21)22;1-6(11)7-3-4-9(12)8(5-7)10(13)14-2;1-8-4(2-6)3-7-5(8)9(10)11;2-1-4-3;;;/h4-7,9,19H,8H2,1-3H3;3-6,11-12H,1-2H3;3H,2H2,1H3;1,3H;;;/q;;;;2*+1;-1/p-1. The molecule has 2 atom stereocenters. The Morgan fingerprint density at radius 3 is 1.67 bits per heavy atom. The molecular formula is C31H37ClK2N6O15. The number of aliphatic hydroxyl groups is 2. The quantitative estimate of drug-likeness (QED) is 0.0252. The van der Waals surface area contributed by atoms with Crippen LogP contribution in [0.2, 0.25) is 0 Å². The van der Waals surface area contributed by atoms with E-state index in [0.29, 0.717) is 22.5 Å². The number of benzene rings is 2. The average molecular weight is 847 g/mol. The molecule has 0 spiro atoms. The summed E-state index contributed by atoms with van der Waals surface area (Å²) in [4.78, 5) is 61.4.